The molecule has 0 saturated carbocycles. The van der Waals surface area contributed by atoms with E-state index in [1.54, 1.807) is 12.3 Å². The number of hydrogen-bond donors (Lipinski definition) is 1. The smallest absolute Gasteiger partial charge is 0.331 e. The summed E-state index contributed by atoms with van der Waals surface area (Å²) in [6.45, 7) is 1.84. The lowest BCUT2D eigenvalue weighted by atomic mass is 9.91. The van der Waals surface area contributed by atoms with Gasteiger partial charge in [0.25, 0.3) is 0 Å². The highest BCUT2D eigenvalue weighted by Crippen LogP contribution is 2.23. The minimum atomic E-state index is -0.880. The topological polar surface area (TPSA) is 49.7 Å². The summed E-state index contributed by atoms with van der Waals surface area (Å²) in [4.78, 5) is 14.7. The second-order valence-corrected chi connectivity index (χ2v) is 2.60. The number of rotatable bonds is 2. The third-order valence-corrected chi connectivity index (χ3v) is 1.98. The van der Waals surface area contributed by atoms with Crippen LogP contribution in [0.4, 0.5) is 0 Å². The van der Waals surface area contributed by atoms with Gasteiger partial charge < -0.3 is 5.11 Å². The molecule has 0 aromatic heterocycles. The molecule has 3 nitrogen and oxygen atoms in total. The standard InChI is InChI=1S/C8H11NO2/c1-2-8(7(10)11)5-3-4-6-9-8/h3-4,6H,2,5H2,1H3,(H,10,11). The molecule has 11 heavy (non-hydrogen) atoms. The first-order valence-electron chi connectivity index (χ1n) is 3.65. The third kappa shape index (κ3) is 1.31. The average Bonchev–Trinajstić information content (AvgIpc) is 2.05. The van der Waals surface area contributed by atoms with Crippen LogP contribution >= 0.6 is 0 Å². The van der Waals surface area contributed by atoms with Crippen LogP contribution in [0.3, 0.4) is 0 Å². The zero-order valence-electron chi connectivity index (χ0n) is 6.45. The summed E-state index contributed by atoms with van der Waals surface area (Å²) in [5.74, 6) is -0.833. The predicted octanol–water partition coefficient (Wildman–Crippen LogP) is 1.25. The van der Waals surface area contributed by atoms with E-state index < -0.39 is 11.5 Å². The van der Waals surface area contributed by atoms with Crippen molar-refractivity contribution in [2.45, 2.75) is 25.3 Å². The van der Waals surface area contributed by atoms with Crippen LogP contribution in [-0.4, -0.2) is 22.8 Å². The summed E-state index contributed by atoms with van der Waals surface area (Å²) < 4.78 is 0. The maximum Gasteiger partial charge on any atom is 0.331 e. The van der Waals surface area contributed by atoms with Gasteiger partial charge in [0.1, 0.15) is 0 Å². The maximum atomic E-state index is 10.8. The zero-order chi connectivity index (χ0) is 8.32. The Morgan fingerprint density at radius 3 is 2.82 bits per heavy atom. The Kier molecular flexibility index (Phi) is 2.08. The number of allylic oxidation sites excluding steroid dienone is 1. The molecular formula is C8H11NO2. The normalized spacial score (nSPS) is 28.8. The first-order valence-corrected chi connectivity index (χ1v) is 3.65. The Hall–Kier alpha value is -1.12. The van der Waals surface area contributed by atoms with Gasteiger partial charge in [0.15, 0.2) is 5.54 Å². The Bertz CT molecular complexity index is 220. The van der Waals surface area contributed by atoms with Crippen molar-refractivity contribution in [3.05, 3.63) is 12.2 Å². The quantitative estimate of drug-likeness (QED) is 0.649. The number of dihydropyridines is 1. The van der Waals surface area contributed by atoms with Crippen LogP contribution in [0.1, 0.15) is 19.8 Å². The molecule has 0 amide bonds. The molecule has 1 N–H and O–H groups in total. The van der Waals surface area contributed by atoms with E-state index in [4.69, 9.17) is 5.11 Å². The van der Waals surface area contributed by atoms with Gasteiger partial charge in [-0.15, -0.1) is 0 Å². The Balaban J connectivity index is 2.85. The average molecular weight is 153 g/mol. The largest absolute Gasteiger partial charge is 0.479 e. The number of hydrogen-bond acceptors (Lipinski definition) is 2. The van der Waals surface area contributed by atoms with Crippen LogP contribution in [0.2, 0.25) is 0 Å². The lowest BCUT2D eigenvalue weighted by Crippen LogP contribution is -2.36. The second-order valence-electron chi connectivity index (χ2n) is 2.60. The van der Waals surface area contributed by atoms with Crippen molar-refractivity contribution in [1.82, 2.24) is 0 Å². The van der Waals surface area contributed by atoms with E-state index >= 15 is 0 Å². The molecule has 0 aromatic carbocycles. The third-order valence-electron chi connectivity index (χ3n) is 1.98. The van der Waals surface area contributed by atoms with Crippen LogP contribution in [0, 0.1) is 0 Å². The molecule has 0 radical (unpaired) electrons. The maximum absolute atomic E-state index is 10.8. The molecule has 1 rings (SSSR count). The number of carboxylic acid groups (broad SMARTS) is 1. The van der Waals surface area contributed by atoms with E-state index in [2.05, 4.69) is 4.99 Å². The first kappa shape index (κ1) is 7.98. The van der Waals surface area contributed by atoms with E-state index in [-0.39, 0.29) is 0 Å². The molecule has 0 spiro atoms. The second kappa shape index (κ2) is 2.86. The number of nitrogens with zero attached hydrogens (tertiary/aromatic N) is 1. The first-order chi connectivity index (χ1) is 5.21. The van der Waals surface area contributed by atoms with Crippen LogP contribution in [0.15, 0.2) is 17.1 Å². The van der Waals surface area contributed by atoms with Crippen molar-refractivity contribution in [2.75, 3.05) is 0 Å². The van der Waals surface area contributed by atoms with Crippen LogP contribution < -0.4 is 0 Å². The minimum Gasteiger partial charge on any atom is -0.479 e. The molecule has 0 aliphatic carbocycles. The molecular weight excluding hydrogens is 142 g/mol. The molecule has 3 heteroatoms. The summed E-state index contributed by atoms with van der Waals surface area (Å²) in [6, 6.07) is 0. The molecule has 60 valence electrons. The molecule has 0 fully saturated rings. The summed E-state index contributed by atoms with van der Waals surface area (Å²) in [7, 11) is 0. The van der Waals surface area contributed by atoms with Gasteiger partial charge in [0.05, 0.1) is 0 Å². The van der Waals surface area contributed by atoms with Gasteiger partial charge in [-0.3, -0.25) is 4.99 Å². The molecule has 0 aromatic rings. The molecule has 1 aliphatic heterocycles. The van der Waals surface area contributed by atoms with Crippen molar-refractivity contribution in [3.63, 3.8) is 0 Å². The summed E-state index contributed by atoms with van der Waals surface area (Å²) in [5.41, 5.74) is -0.880. The number of aliphatic carboxylic acids is 1. The van der Waals surface area contributed by atoms with E-state index in [9.17, 15) is 4.79 Å². The van der Waals surface area contributed by atoms with Gasteiger partial charge in [0, 0.05) is 12.6 Å². The fourth-order valence-corrected chi connectivity index (χ4v) is 1.09. The van der Waals surface area contributed by atoms with Gasteiger partial charge in [-0.2, -0.15) is 0 Å². The number of carbonyl (C=O) groups is 1. The summed E-state index contributed by atoms with van der Waals surface area (Å²) in [6.07, 6.45) is 6.22. The number of carboxylic acids is 1. The van der Waals surface area contributed by atoms with Crippen LogP contribution in [0.5, 0.6) is 0 Å². The lowest BCUT2D eigenvalue weighted by Gasteiger charge is -2.23. The molecule has 1 heterocycles. The monoisotopic (exact) mass is 153 g/mol. The molecule has 1 unspecified atom stereocenters. The lowest BCUT2D eigenvalue weighted by molar-refractivity contribution is -0.143. The van der Waals surface area contributed by atoms with Crippen molar-refractivity contribution in [1.29, 1.82) is 0 Å². The highest BCUT2D eigenvalue weighted by atomic mass is 16.4. The van der Waals surface area contributed by atoms with Crippen molar-refractivity contribution in [3.8, 4) is 0 Å². The number of aliphatic imine (C=N–C) groups is 1. The summed E-state index contributed by atoms with van der Waals surface area (Å²) in [5, 5.41) is 8.84. The molecule has 1 atom stereocenters. The molecule has 0 saturated heterocycles. The molecule has 0 bridgehead atoms. The predicted molar refractivity (Wildman–Crippen MR) is 42.9 cm³/mol. The van der Waals surface area contributed by atoms with Gasteiger partial charge in [-0.05, 0) is 12.5 Å². The van der Waals surface area contributed by atoms with Gasteiger partial charge in [-0.1, -0.05) is 13.0 Å². The SMILES string of the molecule is CCC1(C(=O)O)CC=CC=N1. The van der Waals surface area contributed by atoms with E-state index in [0.717, 1.165) is 0 Å². The van der Waals surface area contributed by atoms with E-state index in [0.29, 0.717) is 12.8 Å². The fourth-order valence-electron chi connectivity index (χ4n) is 1.09. The molecule has 1 aliphatic rings. The Morgan fingerprint density at radius 1 is 1.82 bits per heavy atom. The highest BCUT2D eigenvalue weighted by molar-refractivity contribution is 5.85. The van der Waals surface area contributed by atoms with Gasteiger partial charge in [0.2, 0.25) is 0 Å². The highest BCUT2D eigenvalue weighted by Gasteiger charge is 2.35. The van der Waals surface area contributed by atoms with Gasteiger partial charge >= 0.3 is 5.97 Å². The summed E-state index contributed by atoms with van der Waals surface area (Å²) >= 11 is 0. The van der Waals surface area contributed by atoms with E-state index in [1.165, 1.54) is 0 Å². The van der Waals surface area contributed by atoms with Crippen molar-refractivity contribution in [2.24, 2.45) is 4.99 Å². The van der Waals surface area contributed by atoms with Crippen molar-refractivity contribution >= 4 is 12.2 Å². The fraction of sp³-hybridized carbons (Fsp3) is 0.500. The van der Waals surface area contributed by atoms with Crippen LogP contribution in [-0.2, 0) is 4.79 Å². The Morgan fingerprint density at radius 2 is 2.55 bits per heavy atom. The van der Waals surface area contributed by atoms with Crippen LogP contribution in [0.25, 0.3) is 0 Å². The zero-order valence-corrected chi connectivity index (χ0v) is 6.45. The van der Waals surface area contributed by atoms with Gasteiger partial charge in [-0.25, -0.2) is 4.79 Å². The van der Waals surface area contributed by atoms with Crippen molar-refractivity contribution < 1.29 is 9.90 Å². The minimum absolute atomic E-state index is 0.509. The Labute approximate surface area is 65.4 Å². The van der Waals surface area contributed by atoms with E-state index in [1.807, 2.05) is 13.0 Å².